The van der Waals surface area contributed by atoms with Gasteiger partial charge in [-0.05, 0) is 64.9 Å². The van der Waals surface area contributed by atoms with E-state index in [4.69, 9.17) is 14.2 Å². The maximum absolute atomic E-state index is 12.7. The Morgan fingerprint density at radius 2 is 2.07 bits per heavy atom. The van der Waals surface area contributed by atoms with Crippen LogP contribution in [0.1, 0.15) is 38.3 Å². The lowest BCUT2D eigenvalue weighted by Gasteiger charge is -2.56. The van der Waals surface area contributed by atoms with Crippen LogP contribution in [-0.4, -0.2) is 49.8 Å². The minimum absolute atomic E-state index is 0.147. The van der Waals surface area contributed by atoms with Gasteiger partial charge in [0.15, 0.2) is 17.6 Å². The number of carbonyl (C=O) groups is 1. The maximum atomic E-state index is 12.7. The summed E-state index contributed by atoms with van der Waals surface area (Å²) >= 11 is 0. The summed E-state index contributed by atoms with van der Waals surface area (Å²) in [5.41, 5.74) is 1.96. The van der Waals surface area contributed by atoms with Crippen molar-refractivity contribution in [3.05, 3.63) is 35.4 Å². The smallest absolute Gasteiger partial charge is 0.311 e. The number of carbonyl (C=O) groups excluding carboxylic acids is 1. The Morgan fingerprint density at radius 3 is 2.79 bits per heavy atom. The fraction of sp³-hybridized carbons (Fsp3) is 0.609. The van der Waals surface area contributed by atoms with Gasteiger partial charge >= 0.3 is 5.97 Å². The molecule has 5 rings (SSSR count). The number of rotatable bonds is 2. The Balaban J connectivity index is 1.65. The second-order valence-electron chi connectivity index (χ2n) is 9.74. The number of esters is 1. The minimum Gasteiger partial charge on any atom is -0.493 e. The Morgan fingerprint density at radius 1 is 1.29 bits per heavy atom. The van der Waals surface area contributed by atoms with Gasteiger partial charge in [0.05, 0.1) is 12.5 Å². The van der Waals surface area contributed by atoms with Gasteiger partial charge in [-0.2, -0.15) is 0 Å². The number of hydrogen-bond acceptors (Lipinski definition) is 5. The molecule has 1 saturated heterocycles. The van der Waals surface area contributed by atoms with Gasteiger partial charge in [-0.15, -0.1) is 0 Å². The summed E-state index contributed by atoms with van der Waals surface area (Å²) in [5.74, 6) is 1.81. The zero-order valence-electron chi connectivity index (χ0n) is 17.3. The third-order valence-corrected chi connectivity index (χ3v) is 7.19. The first kappa shape index (κ1) is 18.0. The number of likely N-dealkylation sites (tertiary alicyclic amines) is 1. The molecule has 2 bridgehead atoms. The average molecular weight is 383 g/mol. The van der Waals surface area contributed by atoms with E-state index in [9.17, 15) is 4.79 Å². The predicted octanol–water partition coefficient (Wildman–Crippen LogP) is 3.10. The largest absolute Gasteiger partial charge is 0.493 e. The van der Waals surface area contributed by atoms with Crippen LogP contribution < -0.4 is 9.47 Å². The number of piperidine rings is 1. The summed E-state index contributed by atoms with van der Waals surface area (Å²) in [6.07, 6.45) is 5.79. The van der Waals surface area contributed by atoms with E-state index in [0.717, 1.165) is 30.9 Å². The molecule has 0 radical (unpaired) electrons. The number of benzene rings is 1. The van der Waals surface area contributed by atoms with Crippen molar-refractivity contribution >= 4 is 5.97 Å². The van der Waals surface area contributed by atoms with Gasteiger partial charge in [0.1, 0.15) is 6.10 Å². The first-order valence-electron chi connectivity index (χ1n) is 10.2. The summed E-state index contributed by atoms with van der Waals surface area (Å²) in [6, 6.07) is 4.66. The van der Waals surface area contributed by atoms with Gasteiger partial charge in [0, 0.05) is 22.9 Å². The standard InChI is InChI=1S/C23H29NO4/c1-22(2,3)21(25)27-17-9-7-14-15-12-13-6-8-16(26-5)19-18(13)23(14,20(17)28-19)10-11-24(15)4/h6-9,14-15,17,20H,10-12H2,1-5H3/t14-,15+,17-,20-,23-/m0/s1. The van der Waals surface area contributed by atoms with Gasteiger partial charge in [0.25, 0.3) is 0 Å². The van der Waals surface area contributed by atoms with E-state index in [2.05, 4.69) is 30.2 Å². The molecule has 2 heterocycles. The van der Waals surface area contributed by atoms with E-state index in [1.165, 1.54) is 11.1 Å². The molecule has 5 heteroatoms. The zero-order chi connectivity index (χ0) is 19.8. The fourth-order valence-corrected chi connectivity index (χ4v) is 5.77. The van der Waals surface area contributed by atoms with E-state index in [1.807, 2.05) is 26.8 Å². The SMILES string of the molecule is COc1ccc2c3c1O[C@H]1[C@@H](OC(=O)C(C)(C)C)C=C[C@H]4[C@@H](C2)N(C)CC[C@@]341. The minimum atomic E-state index is -0.543. The molecule has 1 spiro atoms. The summed E-state index contributed by atoms with van der Waals surface area (Å²) in [5, 5.41) is 0. The Labute approximate surface area is 166 Å². The van der Waals surface area contributed by atoms with Gasteiger partial charge in [0.2, 0.25) is 0 Å². The molecule has 0 saturated carbocycles. The normalized spacial score (nSPS) is 35.2. The summed E-state index contributed by atoms with van der Waals surface area (Å²) < 4.78 is 18.2. The van der Waals surface area contributed by atoms with Crippen LogP contribution in [-0.2, 0) is 21.4 Å². The molecule has 28 heavy (non-hydrogen) atoms. The van der Waals surface area contributed by atoms with Gasteiger partial charge in [-0.3, -0.25) is 4.79 Å². The van der Waals surface area contributed by atoms with E-state index >= 15 is 0 Å². The van der Waals surface area contributed by atoms with Crippen LogP contribution in [0.5, 0.6) is 11.5 Å². The molecule has 0 aromatic heterocycles. The summed E-state index contributed by atoms with van der Waals surface area (Å²) in [4.78, 5) is 15.1. The van der Waals surface area contributed by atoms with Gasteiger partial charge in [-0.25, -0.2) is 0 Å². The highest BCUT2D eigenvalue weighted by atomic mass is 16.6. The zero-order valence-corrected chi connectivity index (χ0v) is 17.3. The lowest BCUT2D eigenvalue weighted by atomic mass is 9.53. The van der Waals surface area contributed by atoms with Crippen molar-refractivity contribution < 1.29 is 19.0 Å². The lowest BCUT2D eigenvalue weighted by molar-refractivity contribution is -0.164. The molecule has 0 amide bonds. The first-order valence-corrected chi connectivity index (χ1v) is 10.2. The molecule has 5 nitrogen and oxygen atoms in total. The molecule has 1 aromatic carbocycles. The van der Waals surface area contributed by atoms with E-state index in [-0.39, 0.29) is 23.6 Å². The number of methoxy groups -OCH3 is 1. The third-order valence-electron chi connectivity index (χ3n) is 7.19. The summed E-state index contributed by atoms with van der Waals surface area (Å²) in [7, 11) is 3.91. The molecular weight excluding hydrogens is 354 g/mol. The second kappa shape index (κ2) is 5.76. The second-order valence-corrected chi connectivity index (χ2v) is 9.74. The van der Waals surface area contributed by atoms with Crippen molar-refractivity contribution in [2.75, 3.05) is 20.7 Å². The average Bonchev–Trinajstić information content (AvgIpc) is 3.00. The highest BCUT2D eigenvalue weighted by molar-refractivity contribution is 5.76. The molecule has 4 aliphatic rings. The van der Waals surface area contributed by atoms with Gasteiger partial charge in [-0.1, -0.05) is 12.1 Å². The maximum Gasteiger partial charge on any atom is 0.311 e. The van der Waals surface area contributed by atoms with Crippen molar-refractivity contribution in [3.8, 4) is 11.5 Å². The number of likely N-dealkylation sites (N-methyl/N-ethyl adjacent to an activating group) is 1. The molecule has 150 valence electrons. The van der Waals surface area contributed by atoms with Crippen LogP contribution in [0.3, 0.4) is 0 Å². The molecule has 1 aromatic rings. The first-order chi connectivity index (χ1) is 13.3. The van der Waals surface area contributed by atoms with E-state index in [1.54, 1.807) is 7.11 Å². The van der Waals surface area contributed by atoms with Crippen molar-refractivity contribution in [2.24, 2.45) is 11.3 Å². The highest BCUT2D eigenvalue weighted by Gasteiger charge is 2.65. The van der Waals surface area contributed by atoms with Gasteiger partial charge < -0.3 is 19.1 Å². The van der Waals surface area contributed by atoms with Crippen LogP contribution >= 0.6 is 0 Å². The van der Waals surface area contributed by atoms with Crippen LogP contribution in [0.25, 0.3) is 0 Å². The van der Waals surface area contributed by atoms with Crippen LogP contribution in [0.2, 0.25) is 0 Å². The van der Waals surface area contributed by atoms with Crippen molar-refractivity contribution in [3.63, 3.8) is 0 Å². The third kappa shape index (κ3) is 2.20. The molecule has 2 aliphatic heterocycles. The summed E-state index contributed by atoms with van der Waals surface area (Å²) in [6.45, 7) is 6.69. The molecule has 5 atom stereocenters. The number of hydrogen-bond donors (Lipinski definition) is 0. The van der Waals surface area contributed by atoms with Crippen LogP contribution in [0.4, 0.5) is 0 Å². The lowest BCUT2D eigenvalue weighted by Crippen LogP contribution is -2.65. The Bertz CT molecular complexity index is 870. The topological polar surface area (TPSA) is 48.0 Å². The van der Waals surface area contributed by atoms with Crippen LogP contribution in [0, 0.1) is 11.3 Å². The molecule has 0 unspecified atom stereocenters. The van der Waals surface area contributed by atoms with Crippen LogP contribution in [0.15, 0.2) is 24.3 Å². The number of nitrogens with zero attached hydrogens (tertiary/aromatic N) is 1. The molecule has 2 aliphatic carbocycles. The number of ether oxygens (including phenoxy) is 3. The molecule has 0 N–H and O–H groups in total. The van der Waals surface area contributed by atoms with Crippen molar-refractivity contribution in [1.29, 1.82) is 0 Å². The predicted molar refractivity (Wildman–Crippen MR) is 106 cm³/mol. The molecular formula is C23H29NO4. The molecule has 1 fully saturated rings. The quantitative estimate of drug-likeness (QED) is 0.580. The van der Waals surface area contributed by atoms with Crippen molar-refractivity contribution in [2.45, 2.75) is 57.3 Å². The van der Waals surface area contributed by atoms with E-state index < -0.39 is 5.41 Å². The Kier molecular flexibility index (Phi) is 3.71. The van der Waals surface area contributed by atoms with Crippen molar-refractivity contribution in [1.82, 2.24) is 4.90 Å². The fourth-order valence-electron chi connectivity index (χ4n) is 5.77. The monoisotopic (exact) mass is 383 g/mol. The van der Waals surface area contributed by atoms with E-state index in [0.29, 0.717) is 12.0 Å². The highest BCUT2D eigenvalue weighted by Crippen LogP contribution is 2.62. The Hall–Kier alpha value is -2.01.